The molecule has 2 N–H and O–H groups in total. The lowest BCUT2D eigenvalue weighted by Crippen LogP contribution is -2.48. The number of piperidine rings is 1. The van der Waals surface area contributed by atoms with Crippen molar-refractivity contribution in [2.75, 3.05) is 38.1 Å². The molecule has 0 saturated carbocycles. The van der Waals surface area contributed by atoms with Gasteiger partial charge in [0, 0.05) is 58.6 Å². The zero-order chi connectivity index (χ0) is 21.2. The Balaban J connectivity index is 1.42. The van der Waals surface area contributed by atoms with Crippen LogP contribution in [0.3, 0.4) is 0 Å². The van der Waals surface area contributed by atoms with E-state index in [0.717, 1.165) is 69.5 Å². The molecule has 1 aromatic heterocycles. The van der Waals surface area contributed by atoms with Gasteiger partial charge in [-0.1, -0.05) is 36.4 Å². The Bertz CT molecular complexity index is 762. The third-order valence-electron chi connectivity index (χ3n) is 5.76. The maximum atomic E-state index is 4.60. The zero-order valence-electron chi connectivity index (χ0n) is 18.6. The number of hydrogen-bond donors (Lipinski definition) is 2. The summed E-state index contributed by atoms with van der Waals surface area (Å²) in [5, 5.41) is 7.02. The van der Waals surface area contributed by atoms with Gasteiger partial charge in [-0.15, -0.1) is 0 Å². The first-order chi connectivity index (χ1) is 14.7. The van der Waals surface area contributed by atoms with Crippen LogP contribution in [-0.2, 0) is 13.1 Å². The number of nitrogens with zero attached hydrogens (tertiary/aromatic N) is 4. The summed E-state index contributed by atoms with van der Waals surface area (Å²) in [7, 11) is 1.83. The fourth-order valence-electron chi connectivity index (χ4n) is 3.91. The van der Waals surface area contributed by atoms with E-state index in [4.69, 9.17) is 0 Å². The lowest BCUT2D eigenvalue weighted by atomic mass is 10.0. The van der Waals surface area contributed by atoms with E-state index in [1.54, 1.807) is 0 Å². The fourth-order valence-corrected chi connectivity index (χ4v) is 3.91. The zero-order valence-corrected chi connectivity index (χ0v) is 18.6. The van der Waals surface area contributed by atoms with Crippen LogP contribution < -0.4 is 15.5 Å². The second kappa shape index (κ2) is 11.6. The molecule has 6 nitrogen and oxygen atoms in total. The number of anilines is 1. The molecule has 1 aliphatic heterocycles. The third kappa shape index (κ3) is 6.46. The highest BCUT2D eigenvalue weighted by atomic mass is 15.2. The van der Waals surface area contributed by atoms with Gasteiger partial charge in [0.15, 0.2) is 5.96 Å². The van der Waals surface area contributed by atoms with Crippen LogP contribution in [0.25, 0.3) is 0 Å². The van der Waals surface area contributed by atoms with Crippen molar-refractivity contribution >= 4 is 11.8 Å². The van der Waals surface area contributed by atoms with E-state index in [2.05, 4.69) is 86.7 Å². The molecule has 30 heavy (non-hydrogen) atoms. The number of likely N-dealkylation sites (tertiary alicyclic amines) is 1. The molecule has 6 heteroatoms. The van der Waals surface area contributed by atoms with Crippen molar-refractivity contribution in [2.24, 2.45) is 4.99 Å². The topological polar surface area (TPSA) is 55.8 Å². The molecule has 0 spiro atoms. The largest absolute Gasteiger partial charge is 0.357 e. The third-order valence-corrected chi connectivity index (χ3v) is 5.76. The van der Waals surface area contributed by atoms with E-state index in [1.807, 2.05) is 13.2 Å². The number of aromatic nitrogens is 1. The number of aliphatic imine (C=N–C) groups is 1. The Morgan fingerprint density at radius 2 is 1.80 bits per heavy atom. The monoisotopic (exact) mass is 408 g/mol. The van der Waals surface area contributed by atoms with Crippen molar-refractivity contribution in [3.8, 4) is 0 Å². The number of hydrogen-bond acceptors (Lipinski definition) is 4. The smallest absolute Gasteiger partial charge is 0.191 e. The van der Waals surface area contributed by atoms with E-state index in [0.29, 0.717) is 6.04 Å². The normalized spacial score (nSPS) is 15.8. The van der Waals surface area contributed by atoms with Gasteiger partial charge in [0.1, 0.15) is 5.82 Å². The SMILES string of the molecule is CCN(CC)c1ccc(CNC(=NC)NC2CCN(Cc3ccccc3)CC2)cn1. The summed E-state index contributed by atoms with van der Waals surface area (Å²) in [6.07, 6.45) is 4.22. The van der Waals surface area contributed by atoms with Gasteiger partial charge in [0.2, 0.25) is 0 Å². The minimum atomic E-state index is 0.464. The Morgan fingerprint density at radius 3 is 2.40 bits per heavy atom. The Labute approximate surface area is 181 Å². The number of nitrogens with one attached hydrogen (secondary N) is 2. The summed E-state index contributed by atoms with van der Waals surface area (Å²) in [6, 6.07) is 15.4. The van der Waals surface area contributed by atoms with Crippen molar-refractivity contribution in [2.45, 2.75) is 45.8 Å². The molecule has 1 fully saturated rings. The minimum Gasteiger partial charge on any atom is -0.357 e. The van der Waals surface area contributed by atoms with Gasteiger partial charge < -0.3 is 15.5 Å². The standard InChI is InChI=1S/C24H36N6/c1-4-30(5-2)23-12-11-21(17-26-23)18-27-24(25-3)28-22-13-15-29(16-14-22)19-20-9-7-6-8-10-20/h6-12,17,22H,4-5,13-16,18-19H2,1-3H3,(H2,25,27,28). The van der Waals surface area contributed by atoms with Gasteiger partial charge in [0.25, 0.3) is 0 Å². The van der Waals surface area contributed by atoms with E-state index in [-0.39, 0.29) is 0 Å². The fraction of sp³-hybridized carbons (Fsp3) is 0.500. The van der Waals surface area contributed by atoms with Crippen LogP contribution in [0.15, 0.2) is 53.7 Å². The van der Waals surface area contributed by atoms with Gasteiger partial charge in [-0.25, -0.2) is 4.98 Å². The maximum absolute atomic E-state index is 4.60. The van der Waals surface area contributed by atoms with E-state index < -0.39 is 0 Å². The molecule has 1 aromatic carbocycles. The second-order valence-corrected chi connectivity index (χ2v) is 7.80. The van der Waals surface area contributed by atoms with E-state index in [9.17, 15) is 0 Å². The summed E-state index contributed by atoms with van der Waals surface area (Å²) in [5.41, 5.74) is 2.55. The van der Waals surface area contributed by atoms with Crippen molar-refractivity contribution < 1.29 is 0 Å². The first-order valence-electron chi connectivity index (χ1n) is 11.1. The van der Waals surface area contributed by atoms with Crippen LogP contribution >= 0.6 is 0 Å². The molecule has 0 amide bonds. The van der Waals surface area contributed by atoms with Gasteiger partial charge in [0.05, 0.1) is 0 Å². The average molecular weight is 409 g/mol. The molecule has 0 atom stereocenters. The van der Waals surface area contributed by atoms with Gasteiger partial charge in [-0.05, 0) is 43.9 Å². The Hall–Kier alpha value is -2.60. The summed E-state index contributed by atoms with van der Waals surface area (Å²) >= 11 is 0. The molecule has 0 radical (unpaired) electrons. The number of rotatable bonds is 8. The quantitative estimate of drug-likeness (QED) is 0.519. The summed E-state index contributed by atoms with van der Waals surface area (Å²) in [4.78, 5) is 13.8. The summed E-state index contributed by atoms with van der Waals surface area (Å²) < 4.78 is 0. The number of pyridine rings is 1. The van der Waals surface area contributed by atoms with Crippen molar-refractivity contribution in [3.63, 3.8) is 0 Å². The molecular weight excluding hydrogens is 372 g/mol. The lowest BCUT2D eigenvalue weighted by Gasteiger charge is -2.33. The first-order valence-corrected chi connectivity index (χ1v) is 11.1. The van der Waals surface area contributed by atoms with Gasteiger partial charge in [-0.3, -0.25) is 9.89 Å². The molecule has 0 bridgehead atoms. The average Bonchev–Trinajstić information content (AvgIpc) is 2.80. The maximum Gasteiger partial charge on any atom is 0.191 e. The molecule has 162 valence electrons. The highest BCUT2D eigenvalue weighted by Crippen LogP contribution is 2.14. The van der Waals surface area contributed by atoms with Crippen molar-refractivity contribution in [1.29, 1.82) is 0 Å². The van der Waals surface area contributed by atoms with Crippen LogP contribution in [0.2, 0.25) is 0 Å². The van der Waals surface area contributed by atoms with E-state index in [1.165, 1.54) is 5.56 Å². The molecule has 1 saturated heterocycles. The highest BCUT2D eigenvalue weighted by Gasteiger charge is 2.20. The summed E-state index contributed by atoms with van der Waals surface area (Å²) in [6.45, 7) is 10.2. The molecule has 3 rings (SSSR count). The molecular formula is C24H36N6. The second-order valence-electron chi connectivity index (χ2n) is 7.80. The van der Waals surface area contributed by atoms with Crippen LogP contribution in [0.4, 0.5) is 5.82 Å². The van der Waals surface area contributed by atoms with Crippen molar-refractivity contribution in [3.05, 3.63) is 59.8 Å². The predicted molar refractivity (Wildman–Crippen MR) is 126 cm³/mol. The van der Waals surface area contributed by atoms with Crippen LogP contribution in [0.1, 0.15) is 37.8 Å². The van der Waals surface area contributed by atoms with Gasteiger partial charge >= 0.3 is 0 Å². The molecule has 0 unspecified atom stereocenters. The number of benzene rings is 1. The van der Waals surface area contributed by atoms with Gasteiger partial charge in [-0.2, -0.15) is 0 Å². The lowest BCUT2D eigenvalue weighted by molar-refractivity contribution is 0.198. The minimum absolute atomic E-state index is 0.464. The molecule has 1 aliphatic rings. The van der Waals surface area contributed by atoms with Crippen LogP contribution in [0, 0.1) is 0 Å². The van der Waals surface area contributed by atoms with Crippen LogP contribution in [0.5, 0.6) is 0 Å². The van der Waals surface area contributed by atoms with Crippen molar-refractivity contribution in [1.82, 2.24) is 20.5 Å². The molecule has 2 aromatic rings. The predicted octanol–water partition coefficient (Wildman–Crippen LogP) is 3.26. The Morgan fingerprint density at radius 1 is 1.07 bits per heavy atom. The number of guanidine groups is 1. The molecule has 2 heterocycles. The summed E-state index contributed by atoms with van der Waals surface area (Å²) in [5.74, 6) is 1.90. The highest BCUT2D eigenvalue weighted by molar-refractivity contribution is 5.79. The Kier molecular flexibility index (Phi) is 8.51. The van der Waals surface area contributed by atoms with E-state index >= 15 is 0 Å². The first kappa shape index (κ1) is 22.1. The van der Waals surface area contributed by atoms with Crippen LogP contribution in [-0.4, -0.2) is 55.1 Å². The molecule has 0 aliphatic carbocycles.